The molecule has 1 saturated heterocycles. The quantitative estimate of drug-likeness (QED) is 0.543. The van der Waals surface area contributed by atoms with Gasteiger partial charge in [0.05, 0.1) is 18.8 Å². The minimum Gasteiger partial charge on any atom is -0.464 e. The van der Waals surface area contributed by atoms with Crippen molar-refractivity contribution in [2.24, 2.45) is 0 Å². The molecule has 1 aliphatic rings. The third-order valence-electron chi connectivity index (χ3n) is 4.15. The molecule has 0 bridgehead atoms. The highest BCUT2D eigenvalue weighted by Crippen LogP contribution is 2.28. The maximum Gasteiger partial charge on any atom is 0.410 e. The molecule has 1 amide bonds. The van der Waals surface area contributed by atoms with Gasteiger partial charge in [-0.25, -0.2) is 14.6 Å². The first-order valence-electron chi connectivity index (χ1n) is 8.65. The predicted molar refractivity (Wildman–Crippen MR) is 103 cm³/mol. The van der Waals surface area contributed by atoms with E-state index in [1.54, 1.807) is 11.0 Å². The van der Waals surface area contributed by atoms with E-state index in [4.69, 9.17) is 9.47 Å². The Morgan fingerprint density at radius 1 is 1.31 bits per heavy atom. The Hall–Kier alpha value is -1.83. The second-order valence-electron chi connectivity index (χ2n) is 7.18. The molecule has 0 aromatic carbocycles. The van der Waals surface area contributed by atoms with Gasteiger partial charge in [-0.05, 0) is 55.3 Å². The zero-order valence-electron chi connectivity index (χ0n) is 15.9. The normalized spacial score (nSPS) is 17.8. The van der Waals surface area contributed by atoms with Crippen LogP contribution >= 0.6 is 15.9 Å². The van der Waals surface area contributed by atoms with Crippen molar-refractivity contribution in [3.63, 3.8) is 0 Å². The SMILES string of the molecule is CC[C@H]1CN(c2ccc(C(=O)OC)nc2Br)CCN1C(=O)OC(C)(C)C. The minimum absolute atomic E-state index is 0.0470. The van der Waals surface area contributed by atoms with E-state index in [0.717, 1.165) is 12.1 Å². The molecule has 0 aliphatic carbocycles. The van der Waals surface area contributed by atoms with Gasteiger partial charge in [-0.2, -0.15) is 0 Å². The lowest BCUT2D eigenvalue weighted by atomic mass is 10.1. The number of halogens is 1. The van der Waals surface area contributed by atoms with Crippen molar-refractivity contribution < 1.29 is 19.1 Å². The number of carbonyl (C=O) groups is 2. The Labute approximate surface area is 162 Å². The number of hydrogen-bond acceptors (Lipinski definition) is 6. The number of anilines is 1. The van der Waals surface area contributed by atoms with Crippen LogP contribution < -0.4 is 4.90 Å². The van der Waals surface area contributed by atoms with Crippen LogP contribution in [0.15, 0.2) is 16.7 Å². The van der Waals surface area contributed by atoms with Crippen LogP contribution in [0.1, 0.15) is 44.6 Å². The summed E-state index contributed by atoms with van der Waals surface area (Å²) >= 11 is 3.44. The van der Waals surface area contributed by atoms with Crippen LogP contribution in [0, 0.1) is 0 Å². The van der Waals surface area contributed by atoms with Gasteiger partial charge in [0.1, 0.15) is 15.9 Å². The number of carbonyl (C=O) groups excluding carboxylic acids is 2. The third kappa shape index (κ3) is 4.87. The molecular formula is C18H26BrN3O4. The van der Waals surface area contributed by atoms with E-state index in [1.807, 2.05) is 26.8 Å². The Bertz CT molecular complexity index is 675. The molecule has 0 unspecified atom stereocenters. The molecule has 7 nitrogen and oxygen atoms in total. The number of piperazine rings is 1. The van der Waals surface area contributed by atoms with Crippen LogP contribution in [0.3, 0.4) is 0 Å². The van der Waals surface area contributed by atoms with Crippen molar-refractivity contribution in [1.29, 1.82) is 0 Å². The van der Waals surface area contributed by atoms with Gasteiger partial charge in [0.25, 0.3) is 0 Å². The molecular weight excluding hydrogens is 402 g/mol. The second-order valence-corrected chi connectivity index (χ2v) is 7.93. The number of ether oxygens (including phenoxy) is 2. The number of hydrogen-bond donors (Lipinski definition) is 0. The molecule has 0 saturated carbocycles. The maximum absolute atomic E-state index is 12.5. The maximum atomic E-state index is 12.5. The van der Waals surface area contributed by atoms with Crippen LogP contribution in [-0.2, 0) is 9.47 Å². The van der Waals surface area contributed by atoms with E-state index < -0.39 is 11.6 Å². The molecule has 1 aliphatic heterocycles. The summed E-state index contributed by atoms with van der Waals surface area (Å²) in [5.74, 6) is -0.474. The lowest BCUT2D eigenvalue weighted by Gasteiger charge is -2.42. The Kier molecular flexibility index (Phi) is 6.49. The molecule has 1 aromatic heterocycles. The number of pyridine rings is 1. The summed E-state index contributed by atoms with van der Waals surface area (Å²) in [5.41, 5.74) is 0.630. The van der Waals surface area contributed by atoms with Gasteiger partial charge in [-0.1, -0.05) is 6.92 Å². The van der Waals surface area contributed by atoms with E-state index in [-0.39, 0.29) is 17.8 Å². The van der Waals surface area contributed by atoms with Crippen molar-refractivity contribution in [2.45, 2.75) is 45.8 Å². The number of nitrogens with zero attached hydrogens (tertiary/aromatic N) is 3. The topological polar surface area (TPSA) is 72.0 Å². The van der Waals surface area contributed by atoms with E-state index in [2.05, 4.69) is 32.7 Å². The number of aromatic nitrogens is 1. The van der Waals surface area contributed by atoms with Crippen LogP contribution in [0.5, 0.6) is 0 Å². The first-order chi connectivity index (χ1) is 12.2. The lowest BCUT2D eigenvalue weighted by Crippen LogP contribution is -2.56. The minimum atomic E-state index is -0.511. The Balaban J connectivity index is 2.13. The number of methoxy groups -OCH3 is 1. The summed E-state index contributed by atoms with van der Waals surface area (Å²) in [6, 6.07) is 3.54. The first kappa shape index (κ1) is 20.5. The molecule has 0 N–H and O–H groups in total. The van der Waals surface area contributed by atoms with E-state index in [0.29, 0.717) is 24.2 Å². The summed E-state index contributed by atoms with van der Waals surface area (Å²) in [6.07, 6.45) is 0.545. The fourth-order valence-corrected chi connectivity index (χ4v) is 3.44. The average molecular weight is 428 g/mol. The Morgan fingerprint density at radius 3 is 2.54 bits per heavy atom. The molecule has 2 rings (SSSR count). The van der Waals surface area contributed by atoms with Crippen molar-refractivity contribution >= 4 is 33.7 Å². The van der Waals surface area contributed by atoms with Gasteiger partial charge in [0, 0.05) is 19.6 Å². The van der Waals surface area contributed by atoms with Gasteiger partial charge in [-0.15, -0.1) is 0 Å². The molecule has 26 heavy (non-hydrogen) atoms. The van der Waals surface area contributed by atoms with Crippen molar-refractivity contribution in [3.05, 3.63) is 22.4 Å². The molecule has 1 aromatic rings. The van der Waals surface area contributed by atoms with Crippen LogP contribution in [0.4, 0.5) is 10.5 Å². The van der Waals surface area contributed by atoms with E-state index in [9.17, 15) is 9.59 Å². The van der Waals surface area contributed by atoms with Crippen molar-refractivity contribution in [2.75, 3.05) is 31.6 Å². The van der Waals surface area contributed by atoms with Gasteiger partial charge in [-0.3, -0.25) is 0 Å². The zero-order valence-corrected chi connectivity index (χ0v) is 17.5. The van der Waals surface area contributed by atoms with Crippen molar-refractivity contribution in [3.8, 4) is 0 Å². The molecule has 1 fully saturated rings. The molecule has 8 heteroatoms. The van der Waals surface area contributed by atoms with E-state index in [1.165, 1.54) is 7.11 Å². The van der Waals surface area contributed by atoms with Crippen molar-refractivity contribution in [1.82, 2.24) is 9.88 Å². The standard InChI is InChI=1S/C18H26BrN3O4/c1-6-12-11-21(9-10-22(12)17(24)26-18(2,3)4)14-8-7-13(16(23)25-5)20-15(14)19/h7-8,12H,6,9-11H2,1-5H3/t12-/m0/s1. The summed E-state index contributed by atoms with van der Waals surface area (Å²) in [7, 11) is 1.33. The molecule has 0 spiro atoms. The van der Waals surface area contributed by atoms with Gasteiger partial charge >= 0.3 is 12.1 Å². The summed E-state index contributed by atoms with van der Waals surface area (Å²) in [4.78, 5) is 32.3. The third-order valence-corrected chi connectivity index (χ3v) is 4.73. The molecule has 1 atom stereocenters. The van der Waals surface area contributed by atoms with Gasteiger partial charge in [0.2, 0.25) is 0 Å². The highest BCUT2D eigenvalue weighted by Gasteiger charge is 2.33. The molecule has 0 radical (unpaired) electrons. The predicted octanol–water partition coefficient (Wildman–Crippen LogP) is 3.47. The largest absolute Gasteiger partial charge is 0.464 e. The monoisotopic (exact) mass is 427 g/mol. The lowest BCUT2D eigenvalue weighted by molar-refractivity contribution is 0.0136. The van der Waals surface area contributed by atoms with Gasteiger partial charge in [0.15, 0.2) is 0 Å². The fraction of sp³-hybridized carbons (Fsp3) is 0.611. The summed E-state index contributed by atoms with van der Waals surface area (Å²) in [5, 5.41) is 0. The zero-order chi connectivity index (χ0) is 19.5. The van der Waals surface area contributed by atoms with Crippen LogP contribution in [0.2, 0.25) is 0 Å². The van der Waals surface area contributed by atoms with E-state index >= 15 is 0 Å². The number of rotatable bonds is 3. The fourth-order valence-electron chi connectivity index (χ4n) is 2.87. The van der Waals surface area contributed by atoms with Crippen LogP contribution in [-0.4, -0.2) is 60.3 Å². The average Bonchev–Trinajstić information content (AvgIpc) is 2.58. The summed E-state index contributed by atoms with van der Waals surface area (Å²) in [6.45, 7) is 9.56. The smallest absolute Gasteiger partial charge is 0.410 e. The van der Waals surface area contributed by atoms with Crippen LogP contribution in [0.25, 0.3) is 0 Å². The first-order valence-corrected chi connectivity index (χ1v) is 9.45. The number of esters is 1. The summed E-state index contributed by atoms with van der Waals surface area (Å²) < 4.78 is 10.8. The highest BCUT2D eigenvalue weighted by atomic mass is 79.9. The number of amides is 1. The Morgan fingerprint density at radius 2 is 2.00 bits per heavy atom. The van der Waals surface area contributed by atoms with Gasteiger partial charge < -0.3 is 19.3 Å². The molecule has 144 valence electrons. The highest BCUT2D eigenvalue weighted by molar-refractivity contribution is 9.10. The molecule has 2 heterocycles. The second kappa shape index (κ2) is 8.24.